The van der Waals surface area contributed by atoms with Crippen LogP contribution < -0.4 is 5.32 Å². The van der Waals surface area contributed by atoms with E-state index in [0.29, 0.717) is 26.9 Å². The topological polar surface area (TPSA) is 46.2 Å². The molecule has 3 rings (SSSR count). The first-order chi connectivity index (χ1) is 9.95. The molecule has 0 spiro atoms. The molecule has 0 bridgehead atoms. The summed E-state index contributed by atoms with van der Waals surface area (Å²) in [5.41, 5.74) is 2.14. The second kappa shape index (κ2) is 5.44. The molecule has 0 saturated heterocycles. The highest BCUT2D eigenvalue weighted by Crippen LogP contribution is 2.32. The molecule has 2 aromatic carbocycles. The van der Waals surface area contributed by atoms with Crippen LogP contribution in [0.1, 0.15) is 21.5 Å². The molecule has 0 atom stereocenters. The number of ketones is 1. The van der Waals surface area contributed by atoms with Crippen LogP contribution in [0.3, 0.4) is 0 Å². The van der Waals surface area contributed by atoms with Gasteiger partial charge in [0.05, 0.1) is 16.5 Å². The van der Waals surface area contributed by atoms with Crippen molar-refractivity contribution in [3.8, 4) is 0 Å². The van der Waals surface area contributed by atoms with Crippen molar-refractivity contribution in [3.63, 3.8) is 0 Å². The van der Waals surface area contributed by atoms with Crippen LogP contribution in [0.25, 0.3) is 0 Å². The highest BCUT2D eigenvalue weighted by molar-refractivity contribution is 9.10. The van der Waals surface area contributed by atoms with Crippen molar-refractivity contribution in [2.24, 2.45) is 0 Å². The highest BCUT2D eigenvalue weighted by atomic mass is 79.9. The summed E-state index contributed by atoms with van der Waals surface area (Å²) >= 11 is 15.6. The predicted molar refractivity (Wildman–Crippen MR) is 86.4 cm³/mol. The molecule has 1 N–H and O–H groups in total. The maximum absolute atomic E-state index is 12.6. The lowest BCUT2D eigenvalue weighted by molar-refractivity contribution is -0.115. The van der Waals surface area contributed by atoms with E-state index in [1.54, 1.807) is 30.3 Å². The number of rotatable bonds is 2. The van der Waals surface area contributed by atoms with Crippen molar-refractivity contribution < 1.29 is 9.59 Å². The Morgan fingerprint density at radius 2 is 1.81 bits per heavy atom. The minimum absolute atomic E-state index is 0.104. The zero-order chi connectivity index (χ0) is 15.1. The molecule has 6 heteroatoms. The lowest BCUT2D eigenvalue weighted by atomic mass is 10.00. The van der Waals surface area contributed by atoms with Crippen molar-refractivity contribution in [2.45, 2.75) is 6.42 Å². The summed E-state index contributed by atoms with van der Waals surface area (Å²) in [5, 5.41) is 3.33. The third kappa shape index (κ3) is 2.71. The first-order valence-electron chi connectivity index (χ1n) is 6.08. The van der Waals surface area contributed by atoms with Crippen molar-refractivity contribution in [1.82, 2.24) is 0 Å². The van der Waals surface area contributed by atoms with Gasteiger partial charge < -0.3 is 5.32 Å². The molecule has 1 amide bonds. The first-order valence-corrected chi connectivity index (χ1v) is 7.62. The molecule has 1 heterocycles. The molecule has 0 aliphatic carbocycles. The molecule has 0 unspecified atom stereocenters. The summed E-state index contributed by atoms with van der Waals surface area (Å²) in [4.78, 5) is 24.0. The number of carbonyl (C=O) groups is 2. The van der Waals surface area contributed by atoms with Gasteiger partial charge in [-0.2, -0.15) is 0 Å². The Labute approximate surface area is 139 Å². The summed E-state index contributed by atoms with van der Waals surface area (Å²) in [5.74, 6) is -0.369. The largest absolute Gasteiger partial charge is 0.325 e. The summed E-state index contributed by atoms with van der Waals surface area (Å²) in [7, 11) is 0. The third-order valence-electron chi connectivity index (χ3n) is 3.24. The van der Waals surface area contributed by atoms with Gasteiger partial charge in [0.15, 0.2) is 5.78 Å². The van der Waals surface area contributed by atoms with Gasteiger partial charge >= 0.3 is 0 Å². The van der Waals surface area contributed by atoms with E-state index in [-0.39, 0.29) is 18.1 Å². The Bertz CT molecular complexity index is 789. The van der Waals surface area contributed by atoms with E-state index < -0.39 is 0 Å². The molecule has 0 radical (unpaired) electrons. The van der Waals surface area contributed by atoms with Crippen LogP contribution in [0.15, 0.2) is 34.8 Å². The van der Waals surface area contributed by atoms with E-state index in [1.165, 1.54) is 0 Å². The molecule has 1 aliphatic rings. The van der Waals surface area contributed by atoms with Gasteiger partial charge in [0.1, 0.15) is 0 Å². The lowest BCUT2D eigenvalue weighted by Gasteiger charge is -2.08. The standard InChI is InChI=1S/C15H8BrCl2NO2/c16-8-1-2-9(11(17)5-8)15(21)10-3-7-4-14(20)19-13(7)6-12(10)18/h1-3,5-6H,4H2,(H,19,20). The second-order valence-corrected chi connectivity index (χ2v) is 6.40. The number of anilines is 1. The van der Waals surface area contributed by atoms with Crippen LogP contribution in [-0.4, -0.2) is 11.7 Å². The minimum atomic E-state index is -0.264. The van der Waals surface area contributed by atoms with Gasteiger partial charge in [-0.25, -0.2) is 0 Å². The number of nitrogens with one attached hydrogen (secondary N) is 1. The summed E-state index contributed by atoms with van der Waals surface area (Å²) in [6, 6.07) is 8.28. The Hall–Kier alpha value is -1.36. The molecule has 106 valence electrons. The van der Waals surface area contributed by atoms with Crippen LogP contribution in [0, 0.1) is 0 Å². The monoisotopic (exact) mass is 383 g/mol. The van der Waals surface area contributed by atoms with Crippen LogP contribution in [-0.2, 0) is 11.2 Å². The summed E-state index contributed by atoms with van der Waals surface area (Å²) in [6.07, 6.45) is 0.251. The van der Waals surface area contributed by atoms with Crippen molar-refractivity contribution >= 4 is 56.5 Å². The normalized spacial score (nSPS) is 13.0. The predicted octanol–water partition coefficient (Wildman–Crippen LogP) is 4.48. The molecule has 0 fully saturated rings. The number of benzene rings is 2. The average Bonchev–Trinajstić information content (AvgIpc) is 2.76. The first kappa shape index (κ1) is 14.6. The van der Waals surface area contributed by atoms with Gasteiger partial charge in [-0.05, 0) is 35.9 Å². The lowest BCUT2D eigenvalue weighted by Crippen LogP contribution is -2.04. The molecule has 0 saturated carbocycles. The van der Waals surface area contributed by atoms with E-state index in [1.807, 2.05) is 0 Å². The molecule has 0 aromatic heterocycles. The third-order valence-corrected chi connectivity index (χ3v) is 4.36. The van der Waals surface area contributed by atoms with Gasteiger partial charge in [-0.3, -0.25) is 9.59 Å². The Morgan fingerprint density at radius 1 is 1.10 bits per heavy atom. The number of amides is 1. The van der Waals surface area contributed by atoms with E-state index >= 15 is 0 Å². The molecule has 1 aliphatic heterocycles. The fraction of sp³-hybridized carbons (Fsp3) is 0.0667. The summed E-state index contributed by atoms with van der Waals surface area (Å²) < 4.78 is 0.791. The van der Waals surface area contributed by atoms with Crippen LogP contribution in [0.2, 0.25) is 10.0 Å². The van der Waals surface area contributed by atoms with Gasteiger partial charge in [0.25, 0.3) is 0 Å². The SMILES string of the molecule is O=C1Cc2cc(C(=O)c3ccc(Br)cc3Cl)c(Cl)cc2N1. The average molecular weight is 385 g/mol. The fourth-order valence-electron chi connectivity index (χ4n) is 2.24. The minimum Gasteiger partial charge on any atom is -0.325 e. The fourth-order valence-corrected chi connectivity index (χ4v) is 3.25. The number of fused-ring (bicyclic) bond motifs is 1. The van der Waals surface area contributed by atoms with Crippen molar-refractivity contribution in [3.05, 3.63) is 61.5 Å². The number of hydrogen-bond donors (Lipinski definition) is 1. The number of carbonyl (C=O) groups excluding carboxylic acids is 2. The van der Waals surface area contributed by atoms with Gasteiger partial charge in [-0.15, -0.1) is 0 Å². The summed E-state index contributed by atoms with van der Waals surface area (Å²) in [6.45, 7) is 0. The maximum atomic E-state index is 12.6. The van der Waals surface area contributed by atoms with Gasteiger partial charge in [0, 0.05) is 21.3 Å². The smallest absolute Gasteiger partial charge is 0.228 e. The van der Waals surface area contributed by atoms with E-state index in [9.17, 15) is 9.59 Å². The second-order valence-electron chi connectivity index (χ2n) is 4.67. The van der Waals surface area contributed by atoms with Crippen LogP contribution in [0.4, 0.5) is 5.69 Å². The molecule has 2 aromatic rings. The van der Waals surface area contributed by atoms with Crippen LogP contribution >= 0.6 is 39.1 Å². The molecule has 21 heavy (non-hydrogen) atoms. The Balaban J connectivity index is 2.06. The van der Waals surface area contributed by atoms with E-state index in [0.717, 1.165) is 10.0 Å². The number of hydrogen-bond acceptors (Lipinski definition) is 2. The molecular formula is C15H8BrCl2NO2. The Morgan fingerprint density at radius 3 is 2.52 bits per heavy atom. The Kier molecular flexibility index (Phi) is 3.78. The number of halogens is 3. The van der Waals surface area contributed by atoms with E-state index in [2.05, 4.69) is 21.2 Å². The molecule has 3 nitrogen and oxygen atoms in total. The van der Waals surface area contributed by atoms with Crippen LogP contribution in [0.5, 0.6) is 0 Å². The van der Waals surface area contributed by atoms with Gasteiger partial charge in [-0.1, -0.05) is 39.1 Å². The highest BCUT2D eigenvalue weighted by Gasteiger charge is 2.23. The van der Waals surface area contributed by atoms with Crippen molar-refractivity contribution in [2.75, 3.05) is 5.32 Å². The van der Waals surface area contributed by atoms with Crippen molar-refractivity contribution in [1.29, 1.82) is 0 Å². The van der Waals surface area contributed by atoms with E-state index in [4.69, 9.17) is 23.2 Å². The van der Waals surface area contributed by atoms with Gasteiger partial charge in [0.2, 0.25) is 5.91 Å². The quantitative estimate of drug-likeness (QED) is 0.775. The maximum Gasteiger partial charge on any atom is 0.228 e. The zero-order valence-corrected chi connectivity index (χ0v) is 13.6. The zero-order valence-electron chi connectivity index (χ0n) is 10.5. The molecular weight excluding hydrogens is 377 g/mol.